The largest absolute Gasteiger partial charge is 0.364 e. The van der Waals surface area contributed by atoms with E-state index < -0.39 is 17.6 Å². The molecule has 3 aromatic rings. The number of nitrogens with two attached hydrogens (primary N) is 2. The second-order valence-corrected chi connectivity index (χ2v) is 11.1. The number of benzene rings is 1. The first kappa shape index (κ1) is 29.5. The molecule has 5 rings (SSSR count). The first-order valence-corrected chi connectivity index (χ1v) is 13.6. The van der Waals surface area contributed by atoms with Crippen molar-refractivity contribution in [2.75, 3.05) is 27.7 Å². The Morgan fingerprint density at radius 2 is 1.84 bits per heavy atom. The number of carbonyl (C=O) groups excluding carboxylic acids is 3. The summed E-state index contributed by atoms with van der Waals surface area (Å²) in [6.07, 6.45) is 6.94. The molecule has 0 bridgehead atoms. The van der Waals surface area contributed by atoms with Crippen LogP contribution in [0.25, 0.3) is 10.9 Å². The van der Waals surface area contributed by atoms with Crippen LogP contribution in [0.5, 0.6) is 0 Å². The average molecular weight is 565 g/mol. The van der Waals surface area contributed by atoms with Gasteiger partial charge in [-0.3, -0.25) is 14.4 Å². The van der Waals surface area contributed by atoms with E-state index in [1.165, 1.54) is 53.7 Å². The molecule has 9 nitrogen and oxygen atoms in total. The van der Waals surface area contributed by atoms with E-state index in [4.69, 9.17) is 23.1 Å². The van der Waals surface area contributed by atoms with Gasteiger partial charge in [0.2, 0.25) is 5.91 Å². The Labute approximate surface area is 230 Å². The number of aromatic amines is 1. The number of hydrogen-bond donors (Lipinski definition) is 3. The summed E-state index contributed by atoms with van der Waals surface area (Å²) in [5, 5.41) is 1.06. The molecule has 1 aromatic carbocycles. The molecule has 0 unspecified atom stereocenters. The molecule has 12 heteroatoms. The van der Waals surface area contributed by atoms with Crippen LogP contribution in [0.15, 0.2) is 18.2 Å². The molecular weight excluding hydrogens is 531 g/mol. The van der Waals surface area contributed by atoms with Crippen LogP contribution >= 0.6 is 22.9 Å². The summed E-state index contributed by atoms with van der Waals surface area (Å²) in [6.45, 7) is 1.90. The fourth-order valence-corrected chi connectivity index (χ4v) is 5.78. The summed E-state index contributed by atoms with van der Waals surface area (Å²) in [5.74, 6) is -0.827. The average Bonchev–Trinajstić information content (AvgIpc) is 3.46. The minimum Gasteiger partial charge on any atom is -0.364 e. The van der Waals surface area contributed by atoms with Gasteiger partial charge >= 0.3 is 0 Å². The minimum absolute atomic E-state index is 0.104. The van der Waals surface area contributed by atoms with Crippen LogP contribution in [-0.2, 0) is 17.8 Å². The highest BCUT2D eigenvalue weighted by molar-refractivity contribution is 7.13. The molecule has 5 N–H and O–H groups in total. The SMILES string of the molecule is CN(C)C(=O)C1CCCCC1.CN1CCc2nc(C(N)=O)sc2C1.NC(=O)c1[nH]c2ccc(F)cc2c1Cl. The van der Waals surface area contributed by atoms with Crippen LogP contribution in [-0.4, -0.2) is 65.2 Å². The number of aromatic nitrogens is 2. The maximum atomic E-state index is 12.8. The van der Waals surface area contributed by atoms with Crippen LogP contribution in [0.4, 0.5) is 4.39 Å². The number of hydrogen-bond acceptors (Lipinski definition) is 6. The second-order valence-electron chi connectivity index (χ2n) is 9.68. The molecule has 38 heavy (non-hydrogen) atoms. The summed E-state index contributed by atoms with van der Waals surface area (Å²) >= 11 is 7.25. The Hall–Kier alpha value is -3.02. The molecule has 3 heterocycles. The van der Waals surface area contributed by atoms with Gasteiger partial charge < -0.3 is 26.3 Å². The Morgan fingerprint density at radius 1 is 1.16 bits per heavy atom. The second kappa shape index (κ2) is 13.2. The van der Waals surface area contributed by atoms with Crippen molar-refractivity contribution in [3.8, 4) is 0 Å². The lowest BCUT2D eigenvalue weighted by molar-refractivity contribution is -0.133. The van der Waals surface area contributed by atoms with E-state index >= 15 is 0 Å². The van der Waals surface area contributed by atoms with Gasteiger partial charge in [0, 0.05) is 55.3 Å². The molecule has 0 atom stereocenters. The standard InChI is InChI=1S/C9H6ClFN2O.C9H17NO.C8H11N3OS/c10-7-5-3-4(11)1-2-6(5)13-8(7)9(12)14;1-10(2)9(11)8-6-4-3-5-7-8;1-11-3-2-5-6(4-11)13-8(10-5)7(9)12/h1-3,13H,(H2,12,14);8H,3-7H2,1-2H3;2-4H2,1H3,(H2,9,12). The molecule has 0 saturated heterocycles. The minimum atomic E-state index is -0.661. The van der Waals surface area contributed by atoms with Crippen molar-refractivity contribution in [1.29, 1.82) is 0 Å². The van der Waals surface area contributed by atoms with E-state index in [1.54, 1.807) is 4.90 Å². The van der Waals surface area contributed by atoms with E-state index in [0.717, 1.165) is 38.0 Å². The van der Waals surface area contributed by atoms with Gasteiger partial charge in [0.1, 0.15) is 11.5 Å². The number of thiazole rings is 1. The van der Waals surface area contributed by atoms with Gasteiger partial charge in [-0.05, 0) is 38.1 Å². The third-order valence-electron chi connectivity index (χ3n) is 6.47. The quantitative estimate of drug-likeness (QED) is 0.442. The van der Waals surface area contributed by atoms with Gasteiger partial charge in [-0.15, -0.1) is 11.3 Å². The summed E-state index contributed by atoms with van der Waals surface area (Å²) in [7, 11) is 5.75. The number of halogens is 2. The van der Waals surface area contributed by atoms with Crippen molar-refractivity contribution < 1.29 is 18.8 Å². The first-order chi connectivity index (χ1) is 18.0. The Morgan fingerprint density at radius 3 is 2.45 bits per heavy atom. The van der Waals surface area contributed by atoms with E-state index in [-0.39, 0.29) is 10.7 Å². The number of H-pyrrole nitrogens is 1. The fourth-order valence-electron chi connectivity index (χ4n) is 4.44. The van der Waals surface area contributed by atoms with E-state index in [2.05, 4.69) is 21.9 Å². The summed E-state index contributed by atoms with van der Waals surface area (Å²) in [5.41, 5.74) is 12.0. The van der Waals surface area contributed by atoms with Crippen molar-refractivity contribution in [2.24, 2.45) is 17.4 Å². The van der Waals surface area contributed by atoms with Crippen LogP contribution in [0, 0.1) is 11.7 Å². The maximum absolute atomic E-state index is 12.8. The van der Waals surface area contributed by atoms with Crippen LogP contribution in [0.3, 0.4) is 0 Å². The van der Waals surface area contributed by atoms with Gasteiger partial charge in [0.25, 0.3) is 11.8 Å². The molecule has 0 spiro atoms. The van der Waals surface area contributed by atoms with Crippen molar-refractivity contribution in [2.45, 2.75) is 45.1 Å². The molecule has 0 radical (unpaired) electrons. The molecule has 1 fully saturated rings. The Kier molecular flexibility index (Phi) is 10.2. The molecule has 1 saturated carbocycles. The lowest BCUT2D eigenvalue weighted by Crippen LogP contribution is -2.30. The smallest absolute Gasteiger partial charge is 0.277 e. The zero-order chi connectivity index (χ0) is 28.0. The molecule has 2 aromatic heterocycles. The number of fused-ring (bicyclic) bond motifs is 2. The zero-order valence-electron chi connectivity index (χ0n) is 21.9. The number of amides is 3. The van der Waals surface area contributed by atoms with Crippen molar-refractivity contribution in [3.05, 3.63) is 50.3 Å². The highest BCUT2D eigenvalue weighted by Crippen LogP contribution is 2.28. The summed E-state index contributed by atoms with van der Waals surface area (Å²) < 4.78 is 12.8. The van der Waals surface area contributed by atoms with Crippen molar-refractivity contribution >= 4 is 51.6 Å². The number of primary amides is 2. The van der Waals surface area contributed by atoms with E-state index in [9.17, 15) is 18.8 Å². The lowest BCUT2D eigenvalue weighted by Gasteiger charge is -2.23. The third kappa shape index (κ3) is 7.52. The van der Waals surface area contributed by atoms with Gasteiger partial charge in [-0.1, -0.05) is 30.9 Å². The monoisotopic (exact) mass is 564 g/mol. The molecular formula is C26H34ClFN6O3S. The molecule has 2 aliphatic rings. The Bertz CT molecular complexity index is 1300. The van der Waals surface area contributed by atoms with Gasteiger partial charge in [0.15, 0.2) is 5.01 Å². The van der Waals surface area contributed by atoms with Crippen LogP contribution in [0.2, 0.25) is 5.02 Å². The fraction of sp³-hybridized carbons (Fsp3) is 0.462. The topological polar surface area (TPSA) is 138 Å². The number of nitrogens with zero attached hydrogens (tertiary/aromatic N) is 3. The summed E-state index contributed by atoms with van der Waals surface area (Å²) in [6, 6.07) is 4.03. The predicted molar refractivity (Wildman–Crippen MR) is 148 cm³/mol. The normalized spacial score (nSPS) is 15.5. The van der Waals surface area contributed by atoms with Gasteiger partial charge in [0.05, 0.1) is 10.7 Å². The number of carbonyl (C=O) groups is 3. The first-order valence-electron chi connectivity index (χ1n) is 12.4. The van der Waals surface area contributed by atoms with Gasteiger partial charge in [-0.25, -0.2) is 9.37 Å². The Balaban J connectivity index is 0.000000159. The van der Waals surface area contributed by atoms with Crippen molar-refractivity contribution in [3.63, 3.8) is 0 Å². The highest BCUT2D eigenvalue weighted by atomic mass is 35.5. The van der Waals surface area contributed by atoms with E-state index in [0.29, 0.717) is 27.7 Å². The molecule has 3 amide bonds. The van der Waals surface area contributed by atoms with Crippen LogP contribution in [0.1, 0.15) is 63.0 Å². The predicted octanol–water partition coefficient (Wildman–Crippen LogP) is 3.94. The maximum Gasteiger partial charge on any atom is 0.277 e. The van der Waals surface area contributed by atoms with Crippen molar-refractivity contribution in [1.82, 2.24) is 19.8 Å². The number of rotatable bonds is 3. The summed E-state index contributed by atoms with van der Waals surface area (Å²) in [4.78, 5) is 45.2. The highest BCUT2D eigenvalue weighted by Gasteiger charge is 2.22. The van der Waals surface area contributed by atoms with E-state index in [1.807, 2.05) is 14.1 Å². The van der Waals surface area contributed by atoms with Gasteiger partial charge in [-0.2, -0.15) is 0 Å². The third-order valence-corrected chi connectivity index (χ3v) is 7.96. The molecule has 1 aliphatic heterocycles. The van der Waals surface area contributed by atoms with Crippen LogP contribution < -0.4 is 11.5 Å². The number of likely N-dealkylation sites (N-methyl/N-ethyl adjacent to an activating group) is 1. The lowest BCUT2D eigenvalue weighted by atomic mass is 9.88. The number of nitrogens with one attached hydrogen (secondary N) is 1. The zero-order valence-corrected chi connectivity index (χ0v) is 23.4. The molecule has 1 aliphatic carbocycles. The molecule has 206 valence electrons.